The van der Waals surface area contributed by atoms with E-state index in [0.29, 0.717) is 10.8 Å². The Morgan fingerprint density at radius 1 is 0.750 bits per heavy atom. The van der Waals surface area contributed by atoms with Gasteiger partial charge in [-0.1, -0.05) is 79.1 Å². The van der Waals surface area contributed by atoms with E-state index >= 15 is 0 Å². The maximum Gasteiger partial charge on any atom is 3.00 e. The summed E-state index contributed by atoms with van der Waals surface area (Å²) in [4.78, 5) is 0. The van der Waals surface area contributed by atoms with Gasteiger partial charge in [0.05, 0.1) is 0 Å². The molecule has 0 unspecified atom stereocenters. The Labute approximate surface area is 168 Å². The molecule has 1 radical (unpaired) electrons. The van der Waals surface area contributed by atoms with Crippen molar-refractivity contribution in [1.29, 1.82) is 0 Å². The van der Waals surface area contributed by atoms with Gasteiger partial charge in [-0.15, -0.1) is 0 Å². The van der Waals surface area contributed by atoms with Gasteiger partial charge in [-0.3, -0.25) is 0 Å². The van der Waals surface area contributed by atoms with Crippen LogP contribution in [0, 0.1) is 64.5 Å². The Kier molecular flexibility index (Phi) is 19.6. The second kappa shape index (κ2) is 13.5. The summed E-state index contributed by atoms with van der Waals surface area (Å²) in [6.45, 7) is 25.0. The third-order valence-electron chi connectivity index (χ3n) is 2.13. The molecular formula is C18H34ClNd. The molecule has 0 aliphatic carbocycles. The molecule has 0 spiro atoms. The maximum atomic E-state index is 3.80. The number of halogens is 1. The topological polar surface area (TPSA) is 0 Å². The van der Waals surface area contributed by atoms with Crippen LogP contribution < -0.4 is 12.4 Å². The minimum Gasteiger partial charge on any atom is -1.00 e. The van der Waals surface area contributed by atoms with Crippen molar-refractivity contribution in [2.24, 2.45) is 10.8 Å². The number of hydrogen-bond acceptors (Lipinski definition) is 0. The van der Waals surface area contributed by atoms with E-state index in [1.165, 1.54) is 11.1 Å². The summed E-state index contributed by atoms with van der Waals surface area (Å²) in [5.41, 5.74) is 3.17. The van der Waals surface area contributed by atoms with Crippen LogP contribution in [0.5, 0.6) is 0 Å². The van der Waals surface area contributed by atoms with E-state index < -0.39 is 0 Å². The zero-order chi connectivity index (χ0) is 15.0. The predicted octanol–water partition coefficient (Wildman–Crippen LogP) is 3.41. The molecule has 2 heteroatoms. The van der Waals surface area contributed by atoms with Gasteiger partial charge in [-0.05, 0) is 0 Å². The third-order valence-corrected chi connectivity index (χ3v) is 2.13. The molecular weight excluding hydrogens is 396 g/mol. The van der Waals surface area contributed by atoms with Crippen LogP contribution in [-0.2, 0) is 0 Å². The minimum atomic E-state index is 0. The fraction of sp³-hybridized carbons (Fsp3) is 0.667. The Morgan fingerprint density at radius 2 is 0.950 bits per heavy atom. The summed E-state index contributed by atoms with van der Waals surface area (Å²) in [5, 5.41) is 0. The molecule has 117 valence electrons. The van der Waals surface area contributed by atoms with E-state index in [9.17, 15) is 0 Å². The fourth-order valence-electron chi connectivity index (χ4n) is 0.961. The first kappa shape index (κ1) is 28.9. The van der Waals surface area contributed by atoms with E-state index in [4.69, 9.17) is 0 Å². The van der Waals surface area contributed by atoms with Crippen LogP contribution in [-0.4, -0.2) is 0 Å². The first-order valence-corrected chi connectivity index (χ1v) is 6.81. The number of hydrogen-bond donors (Lipinski definition) is 0. The standard InChI is InChI=1S/2C9H17.ClH.Nd/c2*1-8(2)6-7-9(3,4)5;;/h2*6H,1,7H2,2-5H3;1H;/q2*-1;;+3/p-1. The monoisotopic (exact) mass is 427 g/mol. The van der Waals surface area contributed by atoms with Gasteiger partial charge in [-0.2, -0.15) is 0 Å². The van der Waals surface area contributed by atoms with Gasteiger partial charge in [0.2, 0.25) is 0 Å². The van der Waals surface area contributed by atoms with Gasteiger partial charge in [0.1, 0.15) is 0 Å². The van der Waals surface area contributed by atoms with Crippen LogP contribution >= 0.6 is 0 Å². The molecule has 0 fully saturated rings. The van der Waals surface area contributed by atoms with Crippen molar-refractivity contribution in [1.82, 2.24) is 0 Å². The van der Waals surface area contributed by atoms with Crippen LogP contribution in [0.4, 0.5) is 0 Å². The largest absolute Gasteiger partial charge is 3.00 e. The van der Waals surface area contributed by atoms with E-state index in [1.807, 2.05) is 13.8 Å². The fourth-order valence-corrected chi connectivity index (χ4v) is 0.961. The van der Waals surface area contributed by atoms with Crippen LogP contribution in [0.1, 0.15) is 68.2 Å². The van der Waals surface area contributed by atoms with Gasteiger partial charge < -0.3 is 12.4 Å². The zero-order valence-electron chi connectivity index (χ0n) is 14.9. The molecule has 20 heavy (non-hydrogen) atoms. The second-order valence-electron chi connectivity index (χ2n) is 7.63. The number of rotatable bonds is 4. The van der Waals surface area contributed by atoms with Crippen molar-refractivity contribution in [2.45, 2.75) is 68.2 Å². The van der Waals surface area contributed by atoms with Crippen molar-refractivity contribution >= 4 is 0 Å². The molecule has 0 aliphatic heterocycles. The molecule has 0 heterocycles. The zero-order valence-corrected chi connectivity index (χ0v) is 18.8. The van der Waals surface area contributed by atoms with Gasteiger partial charge in [0.25, 0.3) is 0 Å². The maximum absolute atomic E-state index is 3.80. The smallest absolute Gasteiger partial charge is 1.00 e. The quantitative estimate of drug-likeness (QED) is 0.600. The summed E-state index contributed by atoms with van der Waals surface area (Å²) in [7, 11) is 0. The van der Waals surface area contributed by atoms with E-state index in [2.05, 4.69) is 67.5 Å². The van der Waals surface area contributed by atoms with E-state index in [1.54, 1.807) is 0 Å². The Bertz CT molecular complexity index is 226. The first-order chi connectivity index (χ1) is 7.83. The van der Waals surface area contributed by atoms with Crippen LogP contribution in [0.25, 0.3) is 0 Å². The third kappa shape index (κ3) is 36.4. The van der Waals surface area contributed by atoms with Gasteiger partial charge in [0, 0.05) is 0 Å². The van der Waals surface area contributed by atoms with Crippen LogP contribution in [0.2, 0.25) is 0 Å². The van der Waals surface area contributed by atoms with E-state index in [0.717, 1.165) is 12.8 Å². The number of allylic oxidation sites excluding steroid dienone is 2. The molecule has 0 saturated carbocycles. The predicted molar refractivity (Wildman–Crippen MR) is 86.4 cm³/mol. The summed E-state index contributed by atoms with van der Waals surface area (Å²) in [5.74, 6) is 0. The molecule has 0 nitrogen and oxygen atoms in total. The molecule has 0 saturated heterocycles. The normalized spacial score (nSPS) is 10.0. The van der Waals surface area contributed by atoms with Crippen molar-refractivity contribution in [2.75, 3.05) is 0 Å². The molecule has 0 aliphatic rings. The SMILES string of the molecule is C=C(C)[CH-]CC(C)(C)C.C=C(C)[CH-]CC(C)(C)C.[Cl-].[Nd+3]. The average Bonchev–Trinajstić information content (AvgIpc) is 2.10. The molecule has 0 amide bonds. The summed E-state index contributed by atoms with van der Waals surface area (Å²) < 4.78 is 0. The molecule has 0 aromatic rings. The molecule has 0 atom stereocenters. The molecule has 0 aromatic heterocycles. The summed E-state index contributed by atoms with van der Waals surface area (Å²) in [6.07, 6.45) is 6.62. The summed E-state index contributed by atoms with van der Waals surface area (Å²) in [6, 6.07) is 0. The Morgan fingerprint density at radius 3 is 1.00 bits per heavy atom. The minimum absolute atomic E-state index is 0. The Hall–Kier alpha value is 0.861. The molecule has 0 N–H and O–H groups in total. The Balaban J connectivity index is -0.000000116. The van der Waals surface area contributed by atoms with Crippen LogP contribution in [0.15, 0.2) is 24.3 Å². The van der Waals surface area contributed by atoms with Gasteiger partial charge in [-0.25, -0.2) is 37.1 Å². The molecule has 0 aromatic carbocycles. The van der Waals surface area contributed by atoms with Gasteiger partial charge in [0.15, 0.2) is 0 Å². The average molecular weight is 430 g/mol. The van der Waals surface area contributed by atoms with Crippen molar-refractivity contribution in [3.05, 3.63) is 37.1 Å². The van der Waals surface area contributed by atoms with E-state index in [-0.39, 0.29) is 53.2 Å². The molecule has 0 bridgehead atoms. The molecule has 0 rings (SSSR count). The van der Waals surface area contributed by atoms with Crippen molar-refractivity contribution in [3.63, 3.8) is 0 Å². The van der Waals surface area contributed by atoms with Crippen molar-refractivity contribution < 1.29 is 53.2 Å². The first-order valence-electron chi connectivity index (χ1n) is 6.81. The second-order valence-corrected chi connectivity index (χ2v) is 7.63. The summed E-state index contributed by atoms with van der Waals surface area (Å²) >= 11 is 0. The van der Waals surface area contributed by atoms with Gasteiger partial charge >= 0.3 is 40.8 Å². The van der Waals surface area contributed by atoms with Crippen LogP contribution in [0.3, 0.4) is 0 Å². The van der Waals surface area contributed by atoms with Crippen molar-refractivity contribution in [3.8, 4) is 0 Å².